The second-order valence-electron chi connectivity index (χ2n) is 7.77. The first-order chi connectivity index (χ1) is 16.1. The van der Waals surface area contributed by atoms with E-state index in [-0.39, 0.29) is 17.5 Å². The van der Waals surface area contributed by atoms with Crippen LogP contribution >= 0.6 is 11.8 Å². The molecule has 0 atom stereocenters. The highest BCUT2D eigenvalue weighted by molar-refractivity contribution is 8.00. The van der Waals surface area contributed by atoms with Crippen molar-refractivity contribution in [1.82, 2.24) is 9.88 Å². The van der Waals surface area contributed by atoms with Crippen molar-refractivity contribution < 1.29 is 18.7 Å². The summed E-state index contributed by atoms with van der Waals surface area (Å²) in [5, 5.41) is 10.9. The molecular weight excluding hydrogens is 443 g/mol. The molecule has 0 spiro atoms. The number of benzene rings is 2. The lowest BCUT2D eigenvalue weighted by atomic mass is 10.1. The van der Waals surface area contributed by atoms with Crippen LogP contribution in [0.2, 0.25) is 0 Å². The molecule has 3 heterocycles. The van der Waals surface area contributed by atoms with Gasteiger partial charge in [-0.05, 0) is 36.4 Å². The minimum absolute atomic E-state index is 0.00622. The second kappa shape index (κ2) is 9.16. The van der Waals surface area contributed by atoms with Crippen molar-refractivity contribution in [3.63, 3.8) is 0 Å². The molecule has 0 unspecified atom stereocenters. The molecule has 168 valence electrons. The smallest absolute Gasteiger partial charge is 0.233 e. The van der Waals surface area contributed by atoms with E-state index in [2.05, 4.69) is 16.0 Å². The maximum Gasteiger partial charge on any atom is 0.233 e. The molecule has 2 aromatic carbocycles. The number of nitrogens with zero attached hydrogens (tertiary/aromatic N) is 4. The maximum absolute atomic E-state index is 13.2. The van der Waals surface area contributed by atoms with E-state index in [1.54, 1.807) is 18.2 Å². The van der Waals surface area contributed by atoms with Gasteiger partial charge in [-0.2, -0.15) is 5.26 Å². The van der Waals surface area contributed by atoms with E-state index < -0.39 is 0 Å². The molecular formula is C24H21FN4O3S. The molecule has 1 fully saturated rings. The number of hydrogen-bond donors (Lipinski definition) is 0. The average molecular weight is 465 g/mol. The number of ether oxygens (including phenoxy) is 2. The number of anilines is 1. The van der Waals surface area contributed by atoms with Crippen LogP contribution in [0.15, 0.2) is 47.5 Å². The first-order valence-electron chi connectivity index (χ1n) is 10.7. The highest BCUT2D eigenvalue weighted by Crippen LogP contribution is 2.35. The third-order valence-corrected chi connectivity index (χ3v) is 6.70. The van der Waals surface area contributed by atoms with Crippen molar-refractivity contribution in [3.05, 3.63) is 53.8 Å². The summed E-state index contributed by atoms with van der Waals surface area (Å²) in [7, 11) is 0. The predicted molar refractivity (Wildman–Crippen MR) is 123 cm³/mol. The molecule has 1 saturated heterocycles. The molecule has 0 bridgehead atoms. The number of aromatic nitrogens is 1. The second-order valence-corrected chi connectivity index (χ2v) is 8.74. The zero-order valence-electron chi connectivity index (χ0n) is 17.8. The van der Waals surface area contributed by atoms with Gasteiger partial charge in [0.1, 0.15) is 30.1 Å². The molecule has 2 aliphatic rings. The van der Waals surface area contributed by atoms with Crippen LogP contribution in [0.4, 0.5) is 10.1 Å². The van der Waals surface area contributed by atoms with Crippen LogP contribution in [-0.4, -0.2) is 60.9 Å². The number of piperazine rings is 1. The summed E-state index contributed by atoms with van der Waals surface area (Å²) >= 11 is 1.27. The number of thioether (sulfide) groups is 1. The number of pyridine rings is 1. The van der Waals surface area contributed by atoms with Crippen molar-refractivity contribution >= 4 is 34.3 Å². The Balaban J connectivity index is 1.24. The number of halogens is 1. The van der Waals surface area contributed by atoms with Crippen LogP contribution in [-0.2, 0) is 4.79 Å². The zero-order valence-corrected chi connectivity index (χ0v) is 18.6. The fourth-order valence-corrected chi connectivity index (χ4v) is 4.84. The predicted octanol–water partition coefficient (Wildman–Crippen LogP) is 3.46. The summed E-state index contributed by atoms with van der Waals surface area (Å²) in [6, 6.07) is 14.0. The average Bonchev–Trinajstić information content (AvgIpc) is 2.86. The van der Waals surface area contributed by atoms with Crippen LogP contribution in [0, 0.1) is 17.1 Å². The van der Waals surface area contributed by atoms with Crippen LogP contribution in [0.25, 0.3) is 10.9 Å². The molecule has 3 aromatic rings. The zero-order chi connectivity index (χ0) is 22.8. The lowest BCUT2D eigenvalue weighted by Gasteiger charge is -2.36. The minimum atomic E-state index is -0.260. The van der Waals surface area contributed by atoms with Gasteiger partial charge < -0.3 is 19.3 Å². The topological polar surface area (TPSA) is 78.7 Å². The summed E-state index contributed by atoms with van der Waals surface area (Å²) < 4.78 is 24.4. The normalized spacial score (nSPS) is 15.4. The van der Waals surface area contributed by atoms with E-state index >= 15 is 0 Å². The van der Waals surface area contributed by atoms with Gasteiger partial charge in [0.15, 0.2) is 11.5 Å². The van der Waals surface area contributed by atoms with Crippen LogP contribution in [0.5, 0.6) is 11.5 Å². The van der Waals surface area contributed by atoms with Gasteiger partial charge in [0.2, 0.25) is 5.91 Å². The maximum atomic E-state index is 13.2. The number of fused-ring (bicyclic) bond motifs is 2. The van der Waals surface area contributed by atoms with Gasteiger partial charge in [-0.3, -0.25) is 4.79 Å². The first kappa shape index (κ1) is 21.3. The molecule has 33 heavy (non-hydrogen) atoms. The molecule has 0 saturated carbocycles. The molecule has 0 radical (unpaired) electrons. The van der Waals surface area contributed by atoms with Gasteiger partial charge >= 0.3 is 0 Å². The van der Waals surface area contributed by atoms with E-state index in [0.29, 0.717) is 67.0 Å². The molecule has 1 aromatic heterocycles. The lowest BCUT2D eigenvalue weighted by molar-refractivity contribution is -0.128. The number of rotatable bonds is 4. The SMILES string of the molecule is N#Cc1cc2cc3c(cc2nc1SCC(=O)N1CCN(c2ccc(F)cc2)CC1)OCCO3. The Morgan fingerprint density at radius 1 is 1.06 bits per heavy atom. The van der Waals surface area contributed by atoms with Crippen molar-refractivity contribution in [2.45, 2.75) is 5.03 Å². The number of nitriles is 1. The number of carbonyl (C=O) groups is 1. The Morgan fingerprint density at radius 2 is 1.76 bits per heavy atom. The number of hydrogen-bond acceptors (Lipinski definition) is 7. The molecule has 2 aliphatic heterocycles. The van der Waals surface area contributed by atoms with Gasteiger partial charge in [-0.25, -0.2) is 9.37 Å². The summed E-state index contributed by atoms with van der Waals surface area (Å²) in [5.41, 5.74) is 2.08. The molecule has 0 N–H and O–H groups in total. The molecule has 5 rings (SSSR count). The largest absolute Gasteiger partial charge is 0.486 e. The van der Waals surface area contributed by atoms with E-state index in [0.717, 1.165) is 11.1 Å². The van der Waals surface area contributed by atoms with Gasteiger partial charge in [-0.1, -0.05) is 11.8 Å². The monoisotopic (exact) mass is 464 g/mol. The Bertz CT molecular complexity index is 1240. The van der Waals surface area contributed by atoms with Crippen molar-refractivity contribution in [2.75, 3.05) is 50.0 Å². The minimum Gasteiger partial charge on any atom is -0.486 e. The third kappa shape index (κ3) is 4.52. The van der Waals surface area contributed by atoms with E-state index in [9.17, 15) is 14.4 Å². The van der Waals surface area contributed by atoms with E-state index in [1.807, 2.05) is 17.0 Å². The van der Waals surface area contributed by atoms with Crippen LogP contribution < -0.4 is 14.4 Å². The summed E-state index contributed by atoms with van der Waals surface area (Å²) in [6.45, 7) is 3.54. The van der Waals surface area contributed by atoms with Crippen molar-refractivity contribution in [2.24, 2.45) is 0 Å². The Labute approximate surface area is 194 Å². The summed E-state index contributed by atoms with van der Waals surface area (Å²) in [4.78, 5) is 21.4. The fraction of sp³-hybridized carbons (Fsp3) is 0.292. The van der Waals surface area contributed by atoms with Gasteiger partial charge in [0, 0.05) is 43.3 Å². The standard InChI is InChI=1S/C24H21FN4O3S/c25-18-1-3-19(4-2-18)28-5-7-29(8-6-28)23(30)15-33-24-17(14-26)11-16-12-21-22(13-20(16)27-24)32-10-9-31-21/h1-4,11-13H,5-10,15H2. The van der Waals surface area contributed by atoms with Crippen molar-refractivity contribution in [1.29, 1.82) is 5.26 Å². The summed E-state index contributed by atoms with van der Waals surface area (Å²) in [5.74, 6) is 1.23. The molecule has 0 aliphatic carbocycles. The quantitative estimate of drug-likeness (QED) is 0.547. The molecule has 9 heteroatoms. The summed E-state index contributed by atoms with van der Waals surface area (Å²) in [6.07, 6.45) is 0. The van der Waals surface area contributed by atoms with Crippen LogP contribution in [0.1, 0.15) is 5.56 Å². The number of carbonyl (C=O) groups excluding carboxylic acids is 1. The van der Waals surface area contributed by atoms with Gasteiger partial charge in [0.25, 0.3) is 0 Å². The lowest BCUT2D eigenvalue weighted by Crippen LogP contribution is -2.49. The Hall–Kier alpha value is -3.51. The number of amides is 1. The molecule has 7 nitrogen and oxygen atoms in total. The van der Waals surface area contributed by atoms with E-state index in [1.165, 1.54) is 23.9 Å². The Morgan fingerprint density at radius 3 is 2.45 bits per heavy atom. The third-order valence-electron chi connectivity index (χ3n) is 5.72. The first-order valence-corrected chi connectivity index (χ1v) is 11.6. The van der Waals surface area contributed by atoms with Gasteiger partial charge in [-0.15, -0.1) is 0 Å². The Kier molecular flexibility index (Phi) is 5.92. The van der Waals surface area contributed by atoms with Crippen LogP contribution in [0.3, 0.4) is 0 Å². The highest BCUT2D eigenvalue weighted by Gasteiger charge is 2.22. The highest BCUT2D eigenvalue weighted by atomic mass is 32.2. The van der Waals surface area contributed by atoms with E-state index in [4.69, 9.17) is 9.47 Å². The van der Waals surface area contributed by atoms with Crippen molar-refractivity contribution in [3.8, 4) is 17.6 Å². The van der Waals surface area contributed by atoms with Gasteiger partial charge in [0.05, 0.1) is 16.8 Å². The fourth-order valence-electron chi connectivity index (χ4n) is 3.97. The molecule has 1 amide bonds.